The molecule has 0 aromatic carbocycles. The van der Waals surface area contributed by atoms with Gasteiger partial charge in [0.05, 0.1) is 12.0 Å². The van der Waals surface area contributed by atoms with Gasteiger partial charge in [0.15, 0.2) is 0 Å². The van der Waals surface area contributed by atoms with Crippen molar-refractivity contribution in [2.45, 2.75) is 65.8 Å². The second-order valence-corrected chi connectivity index (χ2v) is 8.16. The van der Waals surface area contributed by atoms with E-state index in [4.69, 9.17) is 5.26 Å². The molecule has 0 bridgehead atoms. The zero-order chi connectivity index (χ0) is 16.1. The summed E-state index contributed by atoms with van der Waals surface area (Å²) in [7, 11) is 0. The van der Waals surface area contributed by atoms with E-state index in [1.807, 2.05) is 0 Å². The molecule has 1 aliphatic rings. The van der Waals surface area contributed by atoms with Gasteiger partial charge in [0.1, 0.15) is 0 Å². The molecule has 1 aliphatic heterocycles. The van der Waals surface area contributed by atoms with Crippen LogP contribution in [0.15, 0.2) is 0 Å². The minimum atomic E-state index is -0.176. The maximum atomic E-state index is 12.5. The fraction of sp³-hybridized carbons (Fsp3) is 0.882. The topological polar surface area (TPSA) is 56.1 Å². The molecule has 1 amide bonds. The molecule has 1 fully saturated rings. The van der Waals surface area contributed by atoms with E-state index in [2.05, 4.69) is 50.9 Å². The third-order valence-electron chi connectivity index (χ3n) is 3.85. The number of carbonyl (C=O) groups is 1. The molecule has 120 valence electrons. The van der Waals surface area contributed by atoms with Crippen LogP contribution in [-0.4, -0.2) is 36.0 Å². The summed E-state index contributed by atoms with van der Waals surface area (Å²) in [6.07, 6.45) is 3.50. The Morgan fingerprint density at radius 2 is 2.00 bits per heavy atom. The van der Waals surface area contributed by atoms with Crippen molar-refractivity contribution in [1.29, 1.82) is 5.26 Å². The molecule has 1 heterocycles. The summed E-state index contributed by atoms with van der Waals surface area (Å²) in [4.78, 5) is 14.8. The van der Waals surface area contributed by atoms with Gasteiger partial charge in [-0.05, 0) is 45.1 Å². The van der Waals surface area contributed by atoms with Crippen molar-refractivity contribution in [2.24, 2.45) is 11.3 Å². The predicted octanol–water partition coefficient (Wildman–Crippen LogP) is 2.94. The first-order valence-electron chi connectivity index (χ1n) is 8.04. The minimum Gasteiger partial charge on any atom is -0.351 e. The van der Waals surface area contributed by atoms with E-state index in [9.17, 15) is 4.79 Å². The lowest BCUT2D eigenvalue weighted by molar-refractivity contribution is -0.128. The van der Waals surface area contributed by atoms with Gasteiger partial charge in [-0.3, -0.25) is 4.79 Å². The first-order valence-corrected chi connectivity index (χ1v) is 8.04. The fourth-order valence-corrected chi connectivity index (χ4v) is 3.49. The number of nitrogens with one attached hydrogen (secondary N) is 1. The average Bonchev–Trinajstić information content (AvgIpc) is 2.33. The first-order chi connectivity index (χ1) is 9.63. The maximum absolute atomic E-state index is 12.5. The van der Waals surface area contributed by atoms with Crippen LogP contribution < -0.4 is 5.32 Å². The Labute approximate surface area is 129 Å². The molecule has 0 aromatic rings. The van der Waals surface area contributed by atoms with E-state index in [-0.39, 0.29) is 22.8 Å². The van der Waals surface area contributed by atoms with E-state index < -0.39 is 0 Å². The molecule has 0 aromatic heterocycles. The van der Waals surface area contributed by atoms with Crippen LogP contribution in [0.5, 0.6) is 0 Å². The van der Waals surface area contributed by atoms with Gasteiger partial charge in [0, 0.05) is 25.0 Å². The fourth-order valence-electron chi connectivity index (χ4n) is 3.49. The molecule has 1 unspecified atom stereocenters. The van der Waals surface area contributed by atoms with Gasteiger partial charge >= 0.3 is 0 Å². The number of carbonyl (C=O) groups excluding carboxylic acids is 1. The van der Waals surface area contributed by atoms with Gasteiger partial charge < -0.3 is 10.2 Å². The number of rotatable bonds is 5. The number of nitrogens with zero attached hydrogens (tertiary/aromatic N) is 2. The summed E-state index contributed by atoms with van der Waals surface area (Å²) in [5.74, 6) is 0.239. The van der Waals surface area contributed by atoms with E-state index in [0.29, 0.717) is 6.42 Å². The van der Waals surface area contributed by atoms with Crippen LogP contribution in [0.25, 0.3) is 0 Å². The quantitative estimate of drug-likeness (QED) is 0.848. The van der Waals surface area contributed by atoms with Crippen molar-refractivity contribution in [3.8, 4) is 6.07 Å². The molecular formula is C17H31N3O. The zero-order valence-corrected chi connectivity index (χ0v) is 14.3. The standard InChI is InChI=1S/C17H31N3O/c1-16(2,3)13-17(4,5)19-15(21)14-8-6-10-20(12-14)11-7-9-18/h14H,6-8,10-13H2,1-5H3,(H,19,21). The summed E-state index contributed by atoms with van der Waals surface area (Å²) in [5, 5.41) is 11.9. The van der Waals surface area contributed by atoms with Gasteiger partial charge in [0.25, 0.3) is 0 Å². The van der Waals surface area contributed by atoms with E-state index >= 15 is 0 Å². The highest BCUT2D eigenvalue weighted by atomic mass is 16.2. The van der Waals surface area contributed by atoms with E-state index in [0.717, 1.165) is 38.9 Å². The van der Waals surface area contributed by atoms with Crippen LogP contribution in [0.1, 0.15) is 60.3 Å². The number of piperidine rings is 1. The van der Waals surface area contributed by atoms with Crippen molar-refractivity contribution < 1.29 is 4.79 Å². The normalized spacial score (nSPS) is 20.9. The summed E-state index contributed by atoms with van der Waals surface area (Å²) >= 11 is 0. The van der Waals surface area contributed by atoms with Gasteiger partial charge in [-0.2, -0.15) is 5.26 Å². The molecule has 1 N–H and O–H groups in total. The molecule has 1 rings (SSSR count). The van der Waals surface area contributed by atoms with Crippen LogP contribution in [0.2, 0.25) is 0 Å². The van der Waals surface area contributed by atoms with Crippen LogP contribution >= 0.6 is 0 Å². The number of hydrogen-bond donors (Lipinski definition) is 1. The van der Waals surface area contributed by atoms with Gasteiger partial charge in [0.2, 0.25) is 5.91 Å². The van der Waals surface area contributed by atoms with Gasteiger partial charge in [-0.1, -0.05) is 20.8 Å². The molecule has 0 aliphatic carbocycles. The molecule has 1 saturated heterocycles. The molecule has 0 saturated carbocycles. The Balaban J connectivity index is 2.52. The lowest BCUT2D eigenvalue weighted by atomic mass is 9.81. The molecule has 4 nitrogen and oxygen atoms in total. The summed E-state index contributed by atoms with van der Waals surface area (Å²) < 4.78 is 0. The summed E-state index contributed by atoms with van der Waals surface area (Å²) in [6, 6.07) is 2.18. The van der Waals surface area contributed by atoms with Crippen LogP contribution in [0, 0.1) is 22.7 Å². The lowest BCUT2D eigenvalue weighted by Gasteiger charge is -2.37. The Morgan fingerprint density at radius 3 is 2.57 bits per heavy atom. The van der Waals surface area contributed by atoms with E-state index in [1.54, 1.807) is 0 Å². The van der Waals surface area contributed by atoms with Crippen molar-refractivity contribution in [3.63, 3.8) is 0 Å². The third kappa shape index (κ3) is 6.95. The first kappa shape index (κ1) is 18.0. The van der Waals surface area contributed by atoms with Crippen molar-refractivity contribution in [1.82, 2.24) is 10.2 Å². The Bertz CT molecular complexity index is 390. The van der Waals surface area contributed by atoms with Crippen molar-refractivity contribution in [3.05, 3.63) is 0 Å². The van der Waals surface area contributed by atoms with Crippen molar-refractivity contribution >= 4 is 5.91 Å². The lowest BCUT2D eigenvalue weighted by Crippen LogP contribution is -2.51. The van der Waals surface area contributed by atoms with Crippen LogP contribution in [-0.2, 0) is 4.79 Å². The third-order valence-corrected chi connectivity index (χ3v) is 3.85. The minimum absolute atomic E-state index is 0.0664. The Morgan fingerprint density at radius 1 is 1.33 bits per heavy atom. The summed E-state index contributed by atoms with van der Waals surface area (Å²) in [5.41, 5.74) is 0.0203. The predicted molar refractivity (Wildman–Crippen MR) is 85.7 cm³/mol. The highest BCUT2D eigenvalue weighted by Crippen LogP contribution is 2.27. The highest BCUT2D eigenvalue weighted by molar-refractivity contribution is 5.79. The maximum Gasteiger partial charge on any atom is 0.224 e. The monoisotopic (exact) mass is 293 g/mol. The van der Waals surface area contributed by atoms with Crippen molar-refractivity contribution in [2.75, 3.05) is 19.6 Å². The zero-order valence-electron chi connectivity index (χ0n) is 14.3. The molecule has 1 atom stereocenters. The Kier molecular flexibility index (Phi) is 6.22. The second-order valence-electron chi connectivity index (χ2n) is 8.16. The number of nitriles is 1. The molecular weight excluding hydrogens is 262 g/mol. The highest BCUT2D eigenvalue weighted by Gasteiger charge is 2.31. The average molecular weight is 293 g/mol. The number of amides is 1. The smallest absolute Gasteiger partial charge is 0.224 e. The Hall–Kier alpha value is -1.08. The molecule has 21 heavy (non-hydrogen) atoms. The van der Waals surface area contributed by atoms with Gasteiger partial charge in [-0.15, -0.1) is 0 Å². The van der Waals surface area contributed by atoms with Crippen LogP contribution in [0.4, 0.5) is 0 Å². The molecule has 0 spiro atoms. The second kappa shape index (κ2) is 7.26. The molecule has 4 heteroatoms. The largest absolute Gasteiger partial charge is 0.351 e. The summed E-state index contributed by atoms with van der Waals surface area (Å²) in [6.45, 7) is 13.4. The van der Waals surface area contributed by atoms with E-state index in [1.165, 1.54) is 0 Å². The number of likely N-dealkylation sites (tertiary alicyclic amines) is 1. The SMILES string of the molecule is CC(C)(C)CC(C)(C)NC(=O)C1CCCN(CCC#N)C1. The van der Waals surface area contributed by atoms with Gasteiger partial charge in [-0.25, -0.2) is 0 Å². The van der Waals surface area contributed by atoms with Crippen LogP contribution in [0.3, 0.4) is 0 Å². The molecule has 0 radical (unpaired) electrons. The number of hydrogen-bond acceptors (Lipinski definition) is 3.